The summed E-state index contributed by atoms with van der Waals surface area (Å²) >= 11 is 0. The molecule has 8 heteroatoms. The number of rotatable bonds is 4. The Bertz CT molecular complexity index is 833. The minimum absolute atomic E-state index is 0.241. The molecule has 0 amide bonds. The third-order valence-electron chi connectivity index (χ3n) is 4.49. The smallest absolute Gasteiger partial charge is 0.328 e. The molecule has 0 fully saturated rings. The number of aliphatic hydroxyl groups is 1. The topological polar surface area (TPSA) is 96.2 Å². The van der Waals surface area contributed by atoms with E-state index in [1.165, 1.54) is 13.2 Å². The summed E-state index contributed by atoms with van der Waals surface area (Å²) in [5, 5.41) is 14.1. The normalized spacial score (nSPS) is 16.6. The first-order valence-electron chi connectivity index (χ1n) is 8.20. The number of nitrogens with one attached hydrogen (secondary N) is 1. The SMILES string of the molecule is C[C@@H](O)c1cc2n(n1)CCCN(CCc1c[nH]c(=O)n(C)c1=O)C2. The number of aryl methyl sites for hydroxylation is 1. The monoisotopic (exact) mass is 333 g/mol. The van der Waals surface area contributed by atoms with Gasteiger partial charge >= 0.3 is 5.69 Å². The Balaban J connectivity index is 1.71. The number of hydrogen-bond donors (Lipinski definition) is 2. The number of H-pyrrole nitrogens is 1. The van der Waals surface area contributed by atoms with Crippen LogP contribution in [-0.4, -0.2) is 42.4 Å². The van der Waals surface area contributed by atoms with Gasteiger partial charge in [-0.2, -0.15) is 5.10 Å². The lowest BCUT2D eigenvalue weighted by Gasteiger charge is -2.19. The molecule has 3 rings (SSSR count). The average molecular weight is 333 g/mol. The van der Waals surface area contributed by atoms with Crippen LogP contribution in [0.15, 0.2) is 21.9 Å². The summed E-state index contributed by atoms with van der Waals surface area (Å²) in [4.78, 5) is 28.4. The maximum atomic E-state index is 12.1. The van der Waals surface area contributed by atoms with Gasteiger partial charge in [-0.15, -0.1) is 0 Å². The van der Waals surface area contributed by atoms with Crippen LogP contribution in [0.25, 0.3) is 0 Å². The van der Waals surface area contributed by atoms with Crippen LogP contribution < -0.4 is 11.2 Å². The Morgan fingerprint density at radius 3 is 2.92 bits per heavy atom. The lowest BCUT2D eigenvalue weighted by molar-refractivity contribution is 0.193. The van der Waals surface area contributed by atoms with Gasteiger partial charge in [0.25, 0.3) is 5.56 Å². The van der Waals surface area contributed by atoms with E-state index in [-0.39, 0.29) is 5.56 Å². The highest BCUT2D eigenvalue weighted by Crippen LogP contribution is 2.17. The first kappa shape index (κ1) is 16.7. The first-order valence-corrected chi connectivity index (χ1v) is 8.20. The molecule has 24 heavy (non-hydrogen) atoms. The van der Waals surface area contributed by atoms with E-state index in [2.05, 4.69) is 15.0 Å². The van der Waals surface area contributed by atoms with Gasteiger partial charge in [0.05, 0.1) is 17.5 Å². The molecule has 8 nitrogen and oxygen atoms in total. The lowest BCUT2D eigenvalue weighted by atomic mass is 10.2. The highest BCUT2D eigenvalue weighted by Gasteiger charge is 2.18. The molecule has 130 valence electrons. The van der Waals surface area contributed by atoms with E-state index in [0.717, 1.165) is 42.9 Å². The Morgan fingerprint density at radius 1 is 1.38 bits per heavy atom. The van der Waals surface area contributed by atoms with Gasteiger partial charge in [0.2, 0.25) is 0 Å². The molecule has 0 saturated heterocycles. The summed E-state index contributed by atoms with van der Waals surface area (Å²) in [5.41, 5.74) is 1.75. The Morgan fingerprint density at radius 2 is 2.17 bits per heavy atom. The quantitative estimate of drug-likeness (QED) is 0.806. The summed E-state index contributed by atoms with van der Waals surface area (Å²) in [6.07, 6.45) is 2.50. The molecule has 1 aliphatic heterocycles. The van der Waals surface area contributed by atoms with Crippen LogP contribution in [0.4, 0.5) is 0 Å². The minimum atomic E-state index is -0.568. The standard InChI is InChI=1S/C16H23N5O3/c1-11(22)14-8-13-10-20(5-3-6-21(13)18-14)7-4-12-9-17-16(24)19(2)15(12)23/h8-9,11,22H,3-7,10H2,1-2H3,(H,17,24)/t11-/m1/s1. The summed E-state index contributed by atoms with van der Waals surface area (Å²) in [7, 11) is 1.48. The predicted octanol–water partition coefficient (Wildman–Crippen LogP) is -0.228. The van der Waals surface area contributed by atoms with Crippen molar-refractivity contribution in [2.75, 3.05) is 13.1 Å². The van der Waals surface area contributed by atoms with Gasteiger partial charge in [-0.3, -0.25) is 18.9 Å². The van der Waals surface area contributed by atoms with Crippen molar-refractivity contribution >= 4 is 0 Å². The molecule has 2 aromatic rings. The fourth-order valence-corrected chi connectivity index (χ4v) is 3.02. The van der Waals surface area contributed by atoms with Crippen LogP contribution in [0.1, 0.15) is 36.4 Å². The van der Waals surface area contributed by atoms with Crippen molar-refractivity contribution in [2.45, 2.75) is 39.0 Å². The van der Waals surface area contributed by atoms with Crippen LogP contribution in [0.5, 0.6) is 0 Å². The van der Waals surface area contributed by atoms with E-state index in [4.69, 9.17) is 0 Å². The summed E-state index contributed by atoms with van der Waals surface area (Å²) < 4.78 is 3.06. The second kappa shape index (κ2) is 6.74. The molecule has 0 aromatic carbocycles. The maximum absolute atomic E-state index is 12.1. The number of aromatic amines is 1. The third-order valence-corrected chi connectivity index (χ3v) is 4.49. The molecule has 0 radical (unpaired) electrons. The van der Waals surface area contributed by atoms with Crippen molar-refractivity contribution in [1.82, 2.24) is 24.2 Å². The third kappa shape index (κ3) is 3.34. The first-order chi connectivity index (χ1) is 11.5. The zero-order valence-corrected chi connectivity index (χ0v) is 14.0. The second-order valence-corrected chi connectivity index (χ2v) is 6.32. The van der Waals surface area contributed by atoms with Crippen molar-refractivity contribution < 1.29 is 5.11 Å². The molecule has 0 bridgehead atoms. The highest BCUT2D eigenvalue weighted by atomic mass is 16.3. The Labute approximate surface area is 139 Å². The molecule has 1 atom stereocenters. The van der Waals surface area contributed by atoms with E-state index in [9.17, 15) is 14.7 Å². The lowest BCUT2D eigenvalue weighted by Crippen LogP contribution is -2.35. The van der Waals surface area contributed by atoms with E-state index in [1.54, 1.807) is 6.92 Å². The van der Waals surface area contributed by atoms with E-state index in [1.807, 2.05) is 10.7 Å². The fourth-order valence-electron chi connectivity index (χ4n) is 3.02. The number of nitrogens with zero attached hydrogens (tertiary/aromatic N) is 4. The fraction of sp³-hybridized carbons (Fsp3) is 0.562. The number of fused-ring (bicyclic) bond motifs is 1. The van der Waals surface area contributed by atoms with Gasteiger partial charge in [-0.25, -0.2) is 4.79 Å². The van der Waals surface area contributed by atoms with Gasteiger partial charge in [-0.05, 0) is 25.8 Å². The molecule has 2 N–H and O–H groups in total. The summed E-state index contributed by atoms with van der Waals surface area (Å²) in [6.45, 7) is 4.95. The van der Waals surface area contributed by atoms with Crippen LogP contribution in [0.3, 0.4) is 0 Å². The molecule has 3 heterocycles. The largest absolute Gasteiger partial charge is 0.387 e. The highest BCUT2D eigenvalue weighted by molar-refractivity contribution is 5.13. The number of aliphatic hydroxyl groups excluding tert-OH is 1. The maximum Gasteiger partial charge on any atom is 0.328 e. The molecule has 0 aliphatic carbocycles. The minimum Gasteiger partial charge on any atom is -0.387 e. The van der Waals surface area contributed by atoms with Crippen molar-refractivity contribution in [2.24, 2.45) is 7.05 Å². The number of hydrogen-bond acceptors (Lipinski definition) is 5. The van der Waals surface area contributed by atoms with Crippen molar-refractivity contribution in [3.8, 4) is 0 Å². The Hall–Kier alpha value is -2.19. The Kier molecular flexibility index (Phi) is 4.68. The van der Waals surface area contributed by atoms with Gasteiger partial charge in [0, 0.05) is 45.0 Å². The summed E-state index contributed by atoms with van der Waals surface area (Å²) in [5.74, 6) is 0. The van der Waals surface area contributed by atoms with Crippen LogP contribution >= 0.6 is 0 Å². The van der Waals surface area contributed by atoms with Crippen molar-refractivity contribution in [1.29, 1.82) is 0 Å². The molecule has 0 unspecified atom stereocenters. The van der Waals surface area contributed by atoms with Gasteiger partial charge in [0.15, 0.2) is 0 Å². The van der Waals surface area contributed by atoms with Crippen LogP contribution in [0, 0.1) is 0 Å². The zero-order valence-electron chi connectivity index (χ0n) is 14.0. The molecule has 1 aliphatic rings. The molecule has 0 spiro atoms. The second-order valence-electron chi connectivity index (χ2n) is 6.32. The van der Waals surface area contributed by atoms with Crippen LogP contribution in [-0.2, 0) is 26.6 Å². The van der Waals surface area contributed by atoms with E-state index >= 15 is 0 Å². The molecular formula is C16H23N5O3. The molecule has 2 aromatic heterocycles. The summed E-state index contributed by atoms with van der Waals surface area (Å²) in [6, 6.07) is 1.95. The van der Waals surface area contributed by atoms with E-state index < -0.39 is 11.8 Å². The van der Waals surface area contributed by atoms with Crippen LogP contribution in [0.2, 0.25) is 0 Å². The van der Waals surface area contributed by atoms with Crippen molar-refractivity contribution in [3.63, 3.8) is 0 Å². The van der Waals surface area contributed by atoms with Gasteiger partial charge in [0.1, 0.15) is 0 Å². The predicted molar refractivity (Wildman–Crippen MR) is 88.8 cm³/mol. The van der Waals surface area contributed by atoms with E-state index in [0.29, 0.717) is 17.7 Å². The average Bonchev–Trinajstić information content (AvgIpc) is 2.85. The zero-order chi connectivity index (χ0) is 17.3. The van der Waals surface area contributed by atoms with Gasteiger partial charge in [-0.1, -0.05) is 0 Å². The van der Waals surface area contributed by atoms with Crippen molar-refractivity contribution in [3.05, 3.63) is 50.1 Å². The molecule has 0 saturated carbocycles. The van der Waals surface area contributed by atoms with Gasteiger partial charge < -0.3 is 10.1 Å². The molecular weight excluding hydrogens is 310 g/mol. The number of aromatic nitrogens is 4.